The first-order chi connectivity index (χ1) is 10.8. The summed E-state index contributed by atoms with van der Waals surface area (Å²) in [6.45, 7) is 5.48. The minimum atomic E-state index is -4.41. The monoisotopic (exact) mass is 341 g/mol. The first-order valence-corrected chi connectivity index (χ1v) is 8.35. The molecule has 23 heavy (non-hydrogen) atoms. The van der Waals surface area contributed by atoms with E-state index in [2.05, 4.69) is 41.1 Å². The summed E-state index contributed by atoms with van der Waals surface area (Å²) in [7, 11) is 0. The second kappa shape index (κ2) is 6.20. The molecule has 2 aromatic rings. The van der Waals surface area contributed by atoms with E-state index in [1.165, 1.54) is 11.1 Å². The van der Waals surface area contributed by atoms with Gasteiger partial charge < -0.3 is 0 Å². The van der Waals surface area contributed by atoms with Crippen LogP contribution in [0.4, 0.5) is 13.2 Å². The van der Waals surface area contributed by atoms with Gasteiger partial charge in [0.25, 0.3) is 0 Å². The average Bonchev–Trinajstić information content (AvgIpc) is 3.07. The minimum absolute atomic E-state index is 0.317. The van der Waals surface area contributed by atoms with Crippen molar-refractivity contribution in [3.63, 3.8) is 0 Å². The Bertz CT molecular complexity index is 683. The van der Waals surface area contributed by atoms with Crippen molar-refractivity contribution in [2.24, 2.45) is 0 Å². The fourth-order valence-corrected chi connectivity index (χ4v) is 3.93. The Morgan fingerprint density at radius 2 is 2.00 bits per heavy atom. The predicted octanol–water partition coefficient (Wildman–Crippen LogP) is 4.24. The van der Waals surface area contributed by atoms with Crippen molar-refractivity contribution < 1.29 is 13.2 Å². The molecule has 1 aliphatic rings. The van der Waals surface area contributed by atoms with Crippen LogP contribution in [0.5, 0.6) is 0 Å². The fourth-order valence-electron chi connectivity index (χ4n) is 3.19. The lowest BCUT2D eigenvalue weighted by atomic mass is 9.93. The molecule has 3 rings (SSSR count). The SMILES string of the molecule is Cc1ccccc1C1CC(C)N(Cc2nnc(C(F)(F)F)s2)C1. The Morgan fingerprint density at radius 3 is 2.65 bits per heavy atom. The maximum Gasteiger partial charge on any atom is 0.445 e. The number of aromatic nitrogens is 2. The highest BCUT2D eigenvalue weighted by molar-refractivity contribution is 7.11. The number of hydrogen-bond acceptors (Lipinski definition) is 4. The number of hydrogen-bond donors (Lipinski definition) is 0. The molecule has 0 N–H and O–H groups in total. The van der Waals surface area contributed by atoms with Gasteiger partial charge in [-0.15, -0.1) is 10.2 Å². The number of alkyl halides is 3. The Kier molecular flexibility index (Phi) is 4.42. The molecule has 1 aromatic heterocycles. The van der Waals surface area contributed by atoms with Gasteiger partial charge in [0.2, 0.25) is 5.01 Å². The van der Waals surface area contributed by atoms with Crippen molar-refractivity contribution in [2.75, 3.05) is 6.54 Å². The van der Waals surface area contributed by atoms with Crippen LogP contribution in [0.25, 0.3) is 0 Å². The van der Waals surface area contributed by atoms with Crippen LogP contribution in [0.3, 0.4) is 0 Å². The largest absolute Gasteiger partial charge is 0.445 e. The molecular weight excluding hydrogens is 323 g/mol. The van der Waals surface area contributed by atoms with E-state index in [1.54, 1.807) is 0 Å². The van der Waals surface area contributed by atoms with E-state index in [1.807, 2.05) is 12.1 Å². The van der Waals surface area contributed by atoms with Gasteiger partial charge in [0.1, 0.15) is 5.01 Å². The molecule has 124 valence electrons. The molecule has 0 bridgehead atoms. The van der Waals surface area contributed by atoms with E-state index in [0.29, 0.717) is 34.8 Å². The van der Waals surface area contributed by atoms with Crippen LogP contribution >= 0.6 is 11.3 Å². The molecule has 0 aliphatic carbocycles. The summed E-state index contributed by atoms with van der Waals surface area (Å²) in [5, 5.41) is 6.53. The summed E-state index contributed by atoms with van der Waals surface area (Å²) in [4.78, 5) is 2.19. The van der Waals surface area contributed by atoms with Crippen molar-refractivity contribution in [1.29, 1.82) is 0 Å². The number of nitrogens with zero attached hydrogens (tertiary/aromatic N) is 3. The van der Waals surface area contributed by atoms with E-state index in [9.17, 15) is 13.2 Å². The van der Waals surface area contributed by atoms with E-state index < -0.39 is 11.2 Å². The lowest BCUT2D eigenvalue weighted by Gasteiger charge is -2.19. The molecule has 0 saturated carbocycles. The van der Waals surface area contributed by atoms with Crippen LogP contribution in [0.2, 0.25) is 0 Å². The summed E-state index contributed by atoms with van der Waals surface area (Å²) in [5.41, 5.74) is 2.59. The number of benzene rings is 1. The highest BCUT2D eigenvalue weighted by Crippen LogP contribution is 2.36. The van der Waals surface area contributed by atoms with Crippen molar-refractivity contribution in [2.45, 2.75) is 44.9 Å². The third kappa shape index (κ3) is 3.55. The van der Waals surface area contributed by atoms with Crippen LogP contribution in [-0.2, 0) is 12.7 Å². The van der Waals surface area contributed by atoms with Crippen LogP contribution in [0.1, 0.15) is 40.4 Å². The summed E-state index contributed by atoms with van der Waals surface area (Å²) in [6, 6.07) is 8.62. The Labute approximate surface area is 137 Å². The molecule has 0 radical (unpaired) electrons. The zero-order valence-electron chi connectivity index (χ0n) is 13.0. The summed E-state index contributed by atoms with van der Waals surface area (Å²) in [5.74, 6) is 0.418. The zero-order chi connectivity index (χ0) is 16.6. The second-order valence-corrected chi connectivity index (χ2v) is 7.13. The molecule has 0 spiro atoms. The molecule has 1 aromatic carbocycles. The van der Waals surface area contributed by atoms with E-state index in [0.717, 1.165) is 13.0 Å². The van der Waals surface area contributed by atoms with Crippen LogP contribution in [0.15, 0.2) is 24.3 Å². The van der Waals surface area contributed by atoms with Gasteiger partial charge in [0.05, 0.1) is 6.54 Å². The molecule has 2 atom stereocenters. The fraction of sp³-hybridized carbons (Fsp3) is 0.500. The molecular formula is C16H18F3N3S. The quantitative estimate of drug-likeness (QED) is 0.836. The molecule has 1 saturated heterocycles. The van der Waals surface area contributed by atoms with Crippen LogP contribution < -0.4 is 0 Å². The molecule has 1 fully saturated rings. The molecule has 7 heteroatoms. The van der Waals surface area contributed by atoms with Gasteiger partial charge in [-0.25, -0.2) is 0 Å². The topological polar surface area (TPSA) is 29.0 Å². The van der Waals surface area contributed by atoms with Crippen LogP contribution in [0, 0.1) is 6.92 Å². The maximum atomic E-state index is 12.6. The number of rotatable bonds is 3. The van der Waals surface area contributed by atoms with E-state index in [-0.39, 0.29) is 0 Å². The smallest absolute Gasteiger partial charge is 0.293 e. The summed E-state index contributed by atoms with van der Waals surface area (Å²) >= 11 is 0.640. The van der Waals surface area contributed by atoms with Crippen molar-refractivity contribution in [3.8, 4) is 0 Å². The predicted molar refractivity (Wildman–Crippen MR) is 83.3 cm³/mol. The normalized spacial score (nSPS) is 22.7. The standard InChI is InChI=1S/C16H18F3N3S/c1-10-5-3-4-6-13(10)12-7-11(2)22(8-12)9-14-20-21-15(23-14)16(17,18)19/h3-6,11-12H,7-9H2,1-2H3. The average molecular weight is 341 g/mol. The molecule has 2 unspecified atom stereocenters. The third-order valence-electron chi connectivity index (χ3n) is 4.38. The van der Waals surface area contributed by atoms with Gasteiger partial charge in [0, 0.05) is 12.6 Å². The highest BCUT2D eigenvalue weighted by atomic mass is 32.1. The maximum absolute atomic E-state index is 12.6. The second-order valence-electron chi connectivity index (χ2n) is 6.07. The molecule has 2 heterocycles. The van der Waals surface area contributed by atoms with Gasteiger partial charge in [-0.2, -0.15) is 13.2 Å². The summed E-state index contributed by atoms with van der Waals surface area (Å²) < 4.78 is 37.8. The Balaban J connectivity index is 1.70. The lowest BCUT2D eigenvalue weighted by Crippen LogP contribution is -2.26. The molecule has 0 amide bonds. The van der Waals surface area contributed by atoms with E-state index >= 15 is 0 Å². The van der Waals surface area contributed by atoms with Gasteiger partial charge >= 0.3 is 6.18 Å². The van der Waals surface area contributed by atoms with Crippen molar-refractivity contribution in [1.82, 2.24) is 15.1 Å². The van der Waals surface area contributed by atoms with E-state index in [4.69, 9.17) is 0 Å². The minimum Gasteiger partial charge on any atom is -0.293 e. The van der Waals surface area contributed by atoms with Gasteiger partial charge in [-0.3, -0.25) is 4.90 Å². The first-order valence-electron chi connectivity index (χ1n) is 7.53. The van der Waals surface area contributed by atoms with Crippen LogP contribution in [-0.4, -0.2) is 27.7 Å². The highest BCUT2D eigenvalue weighted by Gasteiger charge is 2.36. The number of aryl methyl sites for hydroxylation is 1. The van der Waals surface area contributed by atoms with Gasteiger partial charge in [-0.05, 0) is 37.3 Å². The first kappa shape index (κ1) is 16.4. The van der Waals surface area contributed by atoms with Crippen molar-refractivity contribution >= 4 is 11.3 Å². The Morgan fingerprint density at radius 1 is 1.26 bits per heavy atom. The van der Waals surface area contributed by atoms with Gasteiger partial charge in [0.15, 0.2) is 0 Å². The number of halogens is 3. The molecule has 3 nitrogen and oxygen atoms in total. The molecule has 1 aliphatic heterocycles. The lowest BCUT2D eigenvalue weighted by molar-refractivity contribution is -0.138. The zero-order valence-corrected chi connectivity index (χ0v) is 13.8. The third-order valence-corrected chi connectivity index (χ3v) is 5.33. The summed E-state index contributed by atoms with van der Waals surface area (Å²) in [6.07, 6.45) is -3.40. The van der Waals surface area contributed by atoms with Gasteiger partial charge in [-0.1, -0.05) is 35.6 Å². The number of likely N-dealkylation sites (tertiary alicyclic amines) is 1. The van der Waals surface area contributed by atoms with Crippen molar-refractivity contribution in [3.05, 3.63) is 45.4 Å². The Hall–Kier alpha value is -1.47.